The number of benzene rings is 1. The second kappa shape index (κ2) is 4.94. The Morgan fingerprint density at radius 3 is 2.00 bits per heavy atom. The Kier molecular flexibility index (Phi) is 3.56. The van der Waals surface area contributed by atoms with Crippen molar-refractivity contribution in [3.8, 4) is 11.1 Å². The number of hydrogen-bond donors (Lipinski definition) is 1. The molecule has 21 heavy (non-hydrogen) atoms. The summed E-state index contributed by atoms with van der Waals surface area (Å²) >= 11 is 0. The molecule has 0 aliphatic rings. The number of alkyl halides is 6. The number of aromatic nitrogens is 1. The fourth-order valence-electron chi connectivity index (χ4n) is 1.77. The molecule has 1 aromatic carbocycles. The molecule has 2 nitrogen and oxygen atoms in total. The van der Waals surface area contributed by atoms with Crippen molar-refractivity contribution in [3.05, 3.63) is 47.8 Å². The fourth-order valence-corrected chi connectivity index (χ4v) is 1.77. The summed E-state index contributed by atoms with van der Waals surface area (Å²) in [5.41, 5.74) is 2.68. The van der Waals surface area contributed by atoms with E-state index in [0.717, 1.165) is 24.4 Å². The first-order valence-electron chi connectivity index (χ1n) is 5.59. The van der Waals surface area contributed by atoms with E-state index in [-0.39, 0.29) is 16.8 Å². The first-order valence-corrected chi connectivity index (χ1v) is 5.59. The molecule has 0 radical (unpaired) electrons. The fraction of sp³-hybridized carbons (Fsp3) is 0.154. The topological polar surface area (TPSA) is 38.9 Å². The first kappa shape index (κ1) is 15.1. The van der Waals surface area contributed by atoms with Crippen LogP contribution in [0, 0.1) is 0 Å². The van der Waals surface area contributed by atoms with Crippen LogP contribution in [0.1, 0.15) is 11.3 Å². The minimum Gasteiger partial charge on any atom is -0.399 e. The number of rotatable bonds is 1. The Labute approximate surface area is 115 Å². The summed E-state index contributed by atoms with van der Waals surface area (Å²) in [5.74, 6) is 0. The van der Waals surface area contributed by atoms with Crippen molar-refractivity contribution in [1.82, 2.24) is 4.98 Å². The SMILES string of the molecule is Nc1ccc(-c2ccc(C(F)(F)F)nc2)c(C(F)(F)F)c1. The second-order valence-electron chi connectivity index (χ2n) is 4.23. The maximum atomic E-state index is 12.9. The van der Waals surface area contributed by atoms with Crippen molar-refractivity contribution in [2.75, 3.05) is 5.73 Å². The van der Waals surface area contributed by atoms with Crippen molar-refractivity contribution < 1.29 is 26.3 Å². The third-order valence-corrected chi connectivity index (χ3v) is 2.71. The summed E-state index contributed by atoms with van der Waals surface area (Å²) in [7, 11) is 0. The van der Waals surface area contributed by atoms with Crippen molar-refractivity contribution in [2.45, 2.75) is 12.4 Å². The molecular formula is C13H8F6N2. The monoisotopic (exact) mass is 306 g/mol. The van der Waals surface area contributed by atoms with Crippen LogP contribution in [0.2, 0.25) is 0 Å². The molecule has 0 aliphatic carbocycles. The molecule has 0 fully saturated rings. The number of anilines is 1. The number of nitrogen functional groups attached to an aromatic ring is 1. The largest absolute Gasteiger partial charge is 0.433 e. The van der Waals surface area contributed by atoms with E-state index in [0.29, 0.717) is 6.07 Å². The molecule has 8 heteroatoms. The molecule has 2 N–H and O–H groups in total. The molecule has 0 spiro atoms. The van der Waals surface area contributed by atoms with Crippen LogP contribution in [0.3, 0.4) is 0 Å². The molecule has 2 aromatic rings. The van der Waals surface area contributed by atoms with Crippen LogP contribution in [0.15, 0.2) is 36.5 Å². The van der Waals surface area contributed by atoms with Gasteiger partial charge in [0.2, 0.25) is 0 Å². The highest BCUT2D eigenvalue weighted by Gasteiger charge is 2.35. The molecule has 1 heterocycles. The van der Waals surface area contributed by atoms with Crippen molar-refractivity contribution in [3.63, 3.8) is 0 Å². The maximum absolute atomic E-state index is 12.9. The van der Waals surface area contributed by atoms with E-state index < -0.39 is 23.6 Å². The van der Waals surface area contributed by atoms with Gasteiger partial charge >= 0.3 is 12.4 Å². The summed E-state index contributed by atoms with van der Waals surface area (Å²) in [5, 5.41) is 0. The van der Waals surface area contributed by atoms with E-state index in [1.165, 1.54) is 6.07 Å². The molecule has 0 amide bonds. The summed E-state index contributed by atoms with van der Waals surface area (Å²) in [6.45, 7) is 0. The van der Waals surface area contributed by atoms with Gasteiger partial charge in [-0.1, -0.05) is 12.1 Å². The predicted octanol–water partition coefficient (Wildman–Crippen LogP) is 4.37. The highest BCUT2D eigenvalue weighted by atomic mass is 19.4. The van der Waals surface area contributed by atoms with Gasteiger partial charge in [-0.2, -0.15) is 26.3 Å². The van der Waals surface area contributed by atoms with Gasteiger partial charge in [-0.15, -0.1) is 0 Å². The van der Waals surface area contributed by atoms with Crippen LogP contribution >= 0.6 is 0 Å². The number of nitrogens with zero attached hydrogens (tertiary/aromatic N) is 1. The van der Waals surface area contributed by atoms with Gasteiger partial charge in [0, 0.05) is 17.4 Å². The van der Waals surface area contributed by atoms with E-state index in [4.69, 9.17) is 5.73 Å². The zero-order chi connectivity index (χ0) is 15.8. The van der Waals surface area contributed by atoms with Crippen LogP contribution in [0.25, 0.3) is 11.1 Å². The number of pyridine rings is 1. The Balaban J connectivity index is 2.52. The van der Waals surface area contributed by atoms with Crippen molar-refractivity contribution in [1.29, 1.82) is 0 Å². The summed E-state index contributed by atoms with van der Waals surface area (Å²) < 4.78 is 75.9. The molecule has 2 rings (SSSR count). The summed E-state index contributed by atoms with van der Waals surface area (Å²) in [6, 6.07) is 4.64. The van der Waals surface area contributed by atoms with Gasteiger partial charge in [0.15, 0.2) is 0 Å². The van der Waals surface area contributed by atoms with Crippen LogP contribution in [0.4, 0.5) is 32.0 Å². The minimum atomic E-state index is -4.67. The zero-order valence-corrected chi connectivity index (χ0v) is 10.3. The number of nitrogens with two attached hydrogens (primary N) is 1. The third kappa shape index (κ3) is 3.26. The van der Waals surface area contributed by atoms with E-state index in [1.54, 1.807) is 0 Å². The van der Waals surface area contributed by atoms with Crippen molar-refractivity contribution in [2.24, 2.45) is 0 Å². The molecule has 0 aliphatic heterocycles. The van der Waals surface area contributed by atoms with E-state index in [2.05, 4.69) is 4.98 Å². The van der Waals surface area contributed by atoms with E-state index in [9.17, 15) is 26.3 Å². The van der Waals surface area contributed by atoms with Gasteiger partial charge in [-0.25, -0.2) is 0 Å². The smallest absolute Gasteiger partial charge is 0.399 e. The van der Waals surface area contributed by atoms with E-state index >= 15 is 0 Å². The lowest BCUT2D eigenvalue weighted by Crippen LogP contribution is -2.09. The molecular weight excluding hydrogens is 298 g/mol. The third-order valence-electron chi connectivity index (χ3n) is 2.71. The molecule has 0 atom stereocenters. The van der Waals surface area contributed by atoms with Gasteiger partial charge in [0.1, 0.15) is 5.69 Å². The normalized spacial score (nSPS) is 12.5. The summed E-state index contributed by atoms with van der Waals surface area (Å²) in [6.07, 6.45) is -8.57. The molecule has 0 saturated heterocycles. The Morgan fingerprint density at radius 1 is 0.857 bits per heavy atom. The molecule has 0 saturated carbocycles. The first-order chi connectivity index (χ1) is 9.59. The molecule has 112 valence electrons. The van der Waals surface area contributed by atoms with Crippen LogP contribution in [0.5, 0.6) is 0 Å². The average molecular weight is 306 g/mol. The van der Waals surface area contributed by atoms with Gasteiger partial charge in [-0.05, 0) is 23.8 Å². The lowest BCUT2D eigenvalue weighted by Gasteiger charge is -2.14. The van der Waals surface area contributed by atoms with Crippen molar-refractivity contribution >= 4 is 5.69 Å². The highest BCUT2D eigenvalue weighted by Crippen LogP contribution is 2.38. The maximum Gasteiger partial charge on any atom is 0.433 e. The lowest BCUT2D eigenvalue weighted by atomic mass is 10.00. The van der Waals surface area contributed by atoms with Crippen LogP contribution < -0.4 is 5.73 Å². The average Bonchev–Trinajstić information content (AvgIpc) is 2.37. The standard InChI is InChI=1S/C13H8F6N2/c14-12(15,16)10-5-8(20)2-3-9(10)7-1-4-11(21-6-7)13(17,18)19/h1-6H,20H2. The van der Waals surface area contributed by atoms with Gasteiger partial charge in [0.25, 0.3) is 0 Å². The second-order valence-corrected chi connectivity index (χ2v) is 4.23. The molecule has 0 bridgehead atoms. The van der Waals surface area contributed by atoms with Crippen LogP contribution in [-0.4, -0.2) is 4.98 Å². The molecule has 0 unspecified atom stereocenters. The Bertz CT molecular complexity index is 643. The van der Waals surface area contributed by atoms with Gasteiger partial charge < -0.3 is 5.73 Å². The predicted molar refractivity (Wildman–Crippen MR) is 64.1 cm³/mol. The van der Waals surface area contributed by atoms with Crippen LogP contribution in [-0.2, 0) is 12.4 Å². The number of halogens is 6. The Morgan fingerprint density at radius 2 is 1.52 bits per heavy atom. The zero-order valence-electron chi connectivity index (χ0n) is 10.3. The molecule has 1 aromatic heterocycles. The summed E-state index contributed by atoms with van der Waals surface area (Å²) in [4.78, 5) is 3.15. The lowest BCUT2D eigenvalue weighted by molar-refractivity contribution is -0.141. The highest BCUT2D eigenvalue weighted by molar-refractivity contribution is 5.70. The van der Waals surface area contributed by atoms with Gasteiger partial charge in [0.05, 0.1) is 5.56 Å². The van der Waals surface area contributed by atoms with Gasteiger partial charge in [-0.3, -0.25) is 4.98 Å². The Hall–Kier alpha value is -2.25. The quantitative estimate of drug-likeness (QED) is 0.627. The minimum absolute atomic E-state index is 0.0738. The number of hydrogen-bond acceptors (Lipinski definition) is 2. The van der Waals surface area contributed by atoms with E-state index in [1.807, 2.05) is 0 Å².